The fourth-order valence-corrected chi connectivity index (χ4v) is 2.65. The second kappa shape index (κ2) is 7.60. The van der Waals surface area contributed by atoms with Crippen LogP contribution in [0.2, 0.25) is 0 Å². The lowest BCUT2D eigenvalue weighted by Gasteiger charge is -2.16. The summed E-state index contributed by atoms with van der Waals surface area (Å²) in [5, 5.41) is 2.92. The lowest BCUT2D eigenvalue weighted by molar-refractivity contribution is 0.0907. The first-order valence-corrected chi connectivity index (χ1v) is 8.27. The summed E-state index contributed by atoms with van der Waals surface area (Å²) < 4.78 is 6.38. The normalized spacial score (nSPS) is 12.6. The first kappa shape index (κ1) is 18.9. The van der Waals surface area contributed by atoms with Gasteiger partial charge in [-0.3, -0.25) is 19.1 Å². The van der Waals surface area contributed by atoms with Crippen LogP contribution in [0.4, 0.5) is 0 Å². The first-order valence-electron chi connectivity index (χ1n) is 8.27. The molecule has 0 bridgehead atoms. The second-order valence-corrected chi connectivity index (χ2v) is 6.28. The van der Waals surface area contributed by atoms with Gasteiger partial charge in [0.1, 0.15) is 0 Å². The maximum Gasteiger partial charge on any atom is 0.329 e. The van der Waals surface area contributed by atoms with E-state index in [4.69, 9.17) is 4.74 Å². The number of carbonyl (C=O) groups is 1. The standard InChI is InChI=1S/C17H24N4O4/c1-6-21-14-13(16(23)20-17(21)24)11(7-12(19-14)9(2)3)15(22)18-10(4)8-25-5/h7,9-10H,6,8H2,1-5H3,(H,18,22)(H,20,23,24). The number of fused-ring (bicyclic) bond motifs is 1. The third-order valence-electron chi connectivity index (χ3n) is 3.92. The third kappa shape index (κ3) is 3.79. The van der Waals surface area contributed by atoms with Crippen molar-refractivity contribution >= 4 is 16.9 Å². The Bertz CT molecular complexity index is 898. The molecule has 0 aliphatic carbocycles. The van der Waals surface area contributed by atoms with Crippen molar-refractivity contribution in [2.24, 2.45) is 0 Å². The fraction of sp³-hybridized carbons (Fsp3) is 0.529. The van der Waals surface area contributed by atoms with Crippen molar-refractivity contribution in [1.82, 2.24) is 19.9 Å². The maximum absolute atomic E-state index is 12.7. The highest BCUT2D eigenvalue weighted by molar-refractivity contribution is 6.05. The van der Waals surface area contributed by atoms with Crippen LogP contribution in [0, 0.1) is 0 Å². The van der Waals surface area contributed by atoms with Crippen LogP contribution in [0.3, 0.4) is 0 Å². The Morgan fingerprint density at radius 3 is 2.60 bits per heavy atom. The SMILES string of the molecule is CCn1c(=O)[nH]c(=O)c2c(C(=O)NC(C)COC)cc(C(C)C)nc21. The lowest BCUT2D eigenvalue weighted by atomic mass is 10.0. The van der Waals surface area contributed by atoms with Gasteiger partial charge in [-0.05, 0) is 25.8 Å². The van der Waals surface area contributed by atoms with Crippen LogP contribution >= 0.6 is 0 Å². The number of nitrogens with one attached hydrogen (secondary N) is 2. The summed E-state index contributed by atoms with van der Waals surface area (Å²) >= 11 is 0. The van der Waals surface area contributed by atoms with Crippen molar-refractivity contribution in [2.45, 2.75) is 46.2 Å². The highest BCUT2D eigenvalue weighted by Gasteiger charge is 2.21. The second-order valence-electron chi connectivity index (χ2n) is 6.28. The minimum absolute atomic E-state index is 0.0343. The number of methoxy groups -OCH3 is 1. The molecule has 25 heavy (non-hydrogen) atoms. The Balaban J connectivity index is 2.75. The molecule has 1 unspecified atom stereocenters. The molecule has 2 N–H and O–H groups in total. The van der Waals surface area contributed by atoms with E-state index >= 15 is 0 Å². The molecule has 0 aliphatic heterocycles. The average molecular weight is 348 g/mol. The molecule has 2 aromatic rings. The van der Waals surface area contributed by atoms with Gasteiger partial charge < -0.3 is 10.1 Å². The Morgan fingerprint density at radius 1 is 1.36 bits per heavy atom. The molecule has 0 spiro atoms. The zero-order valence-electron chi connectivity index (χ0n) is 15.2. The van der Waals surface area contributed by atoms with E-state index in [1.807, 2.05) is 13.8 Å². The summed E-state index contributed by atoms with van der Waals surface area (Å²) in [5.74, 6) is -0.363. The minimum Gasteiger partial charge on any atom is -0.383 e. The summed E-state index contributed by atoms with van der Waals surface area (Å²) in [7, 11) is 1.55. The number of aromatic amines is 1. The number of ether oxygens (including phenoxy) is 1. The summed E-state index contributed by atoms with van der Waals surface area (Å²) in [6.07, 6.45) is 0. The van der Waals surface area contributed by atoms with Gasteiger partial charge in [0, 0.05) is 25.4 Å². The van der Waals surface area contributed by atoms with Crippen molar-refractivity contribution in [1.29, 1.82) is 0 Å². The summed E-state index contributed by atoms with van der Waals surface area (Å²) in [4.78, 5) is 43.9. The summed E-state index contributed by atoms with van der Waals surface area (Å²) in [5.41, 5.74) is -0.0686. The third-order valence-corrected chi connectivity index (χ3v) is 3.92. The number of rotatable bonds is 6. The van der Waals surface area contributed by atoms with E-state index in [0.29, 0.717) is 18.8 Å². The molecule has 0 aromatic carbocycles. The molecular formula is C17H24N4O4. The van der Waals surface area contributed by atoms with E-state index in [1.165, 1.54) is 4.57 Å². The lowest BCUT2D eigenvalue weighted by Crippen LogP contribution is -2.37. The summed E-state index contributed by atoms with van der Waals surface area (Å²) in [6.45, 7) is 8.14. The van der Waals surface area contributed by atoms with Crippen LogP contribution in [-0.2, 0) is 11.3 Å². The molecule has 0 aliphatic rings. The van der Waals surface area contributed by atoms with Crippen LogP contribution in [0.15, 0.2) is 15.7 Å². The predicted octanol–water partition coefficient (Wildman–Crippen LogP) is 0.993. The van der Waals surface area contributed by atoms with E-state index in [9.17, 15) is 14.4 Å². The average Bonchev–Trinajstić information content (AvgIpc) is 2.53. The van der Waals surface area contributed by atoms with E-state index in [2.05, 4.69) is 15.3 Å². The Morgan fingerprint density at radius 2 is 2.04 bits per heavy atom. The van der Waals surface area contributed by atoms with Gasteiger partial charge in [-0.2, -0.15) is 0 Å². The number of aromatic nitrogens is 3. The van der Waals surface area contributed by atoms with E-state index in [0.717, 1.165) is 0 Å². The van der Waals surface area contributed by atoms with E-state index < -0.39 is 17.2 Å². The van der Waals surface area contributed by atoms with Gasteiger partial charge >= 0.3 is 5.69 Å². The Labute approximate surface area is 145 Å². The van der Waals surface area contributed by atoms with Gasteiger partial charge in [-0.1, -0.05) is 13.8 Å². The molecule has 1 amide bonds. The van der Waals surface area contributed by atoms with E-state index in [-0.39, 0.29) is 28.6 Å². The number of hydrogen-bond donors (Lipinski definition) is 2. The van der Waals surface area contributed by atoms with Gasteiger partial charge in [0.15, 0.2) is 5.65 Å². The Hall–Kier alpha value is -2.48. The van der Waals surface area contributed by atoms with Gasteiger partial charge in [0.2, 0.25) is 0 Å². The topological polar surface area (TPSA) is 106 Å². The largest absolute Gasteiger partial charge is 0.383 e. The smallest absolute Gasteiger partial charge is 0.329 e. The van der Waals surface area contributed by atoms with Crippen molar-refractivity contribution in [2.75, 3.05) is 13.7 Å². The number of H-pyrrole nitrogens is 1. The number of amides is 1. The van der Waals surface area contributed by atoms with Crippen molar-refractivity contribution < 1.29 is 9.53 Å². The number of hydrogen-bond acceptors (Lipinski definition) is 5. The Kier molecular flexibility index (Phi) is 5.73. The van der Waals surface area contributed by atoms with Crippen molar-refractivity contribution in [3.63, 3.8) is 0 Å². The predicted molar refractivity (Wildman–Crippen MR) is 95.2 cm³/mol. The molecule has 0 saturated carbocycles. The van der Waals surface area contributed by atoms with Gasteiger partial charge in [0.05, 0.1) is 17.6 Å². The summed E-state index contributed by atoms with van der Waals surface area (Å²) in [6, 6.07) is 1.39. The zero-order chi connectivity index (χ0) is 18.7. The van der Waals surface area contributed by atoms with Crippen LogP contribution in [-0.4, -0.2) is 40.2 Å². The van der Waals surface area contributed by atoms with Crippen LogP contribution in [0.25, 0.3) is 11.0 Å². The van der Waals surface area contributed by atoms with Gasteiger partial charge in [-0.15, -0.1) is 0 Å². The van der Waals surface area contributed by atoms with E-state index in [1.54, 1.807) is 27.0 Å². The molecule has 2 aromatic heterocycles. The quantitative estimate of drug-likeness (QED) is 0.810. The molecule has 0 fully saturated rings. The zero-order valence-corrected chi connectivity index (χ0v) is 15.2. The molecule has 2 rings (SSSR count). The molecule has 136 valence electrons. The van der Waals surface area contributed by atoms with Gasteiger partial charge in [-0.25, -0.2) is 9.78 Å². The monoisotopic (exact) mass is 348 g/mol. The van der Waals surface area contributed by atoms with Crippen LogP contribution in [0.5, 0.6) is 0 Å². The highest BCUT2D eigenvalue weighted by atomic mass is 16.5. The van der Waals surface area contributed by atoms with Gasteiger partial charge in [0.25, 0.3) is 11.5 Å². The molecule has 1 atom stereocenters. The maximum atomic E-state index is 12.7. The minimum atomic E-state index is -0.614. The van der Waals surface area contributed by atoms with Crippen molar-refractivity contribution in [3.8, 4) is 0 Å². The molecule has 8 heteroatoms. The van der Waals surface area contributed by atoms with Crippen molar-refractivity contribution in [3.05, 3.63) is 38.2 Å². The highest BCUT2D eigenvalue weighted by Crippen LogP contribution is 2.19. The fourth-order valence-electron chi connectivity index (χ4n) is 2.65. The first-order chi connectivity index (χ1) is 11.8. The molecule has 0 radical (unpaired) electrons. The molecular weight excluding hydrogens is 324 g/mol. The van der Waals surface area contributed by atoms with Crippen LogP contribution in [0.1, 0.15) is 49.7 Å². The number of aryl methyl sites for hydroxylation is 1. The number of pyridine rings is 1. The number of carbonyl (C=O) groups excluding carboxylic acids is 1. The molecule has 8 nitrogen and oxygen atoms in total. The number of nitrogens with zero attached hydrogens (tertiary/aromatic N) is 2. The molecule has 2 heterocycles. The molecule has 0 saturated heterocycles. The van der Waals surface area contributed by atoms with Crippen LogP contribution < -0.4 is 16.6 Å².